The summed E-state index contributed by atoms with van der Waals surface area (Å²) >= 11 is 0. The molecule has 1 N–H and O–H groups in total. The molecule has 0 radical (unpaired) electrons. The average Bonchev–Trinajstić information content (AvgIpc) is 2.61. The Balaban J connectivity index is 2.09. The number of ether oxygens (including phenoxy) is 1. The van der Waals surface area contributed by atoms with Crippen molar-refractivity contribution in [3.63, 3.8) is 0 Å². The summed E-state index contributed by atoms with van der Waals surface area (Å²) in [4.78, 5) is 11.5. The van der Waals surface area contributed by atoms with Crippen molar-refractivity contribution in [2.45, 2.75) is 36.9 Å². The molecule has 1 atom stereocenters. The molecule has 0 aromatic heterocycles. The van der Waals surface area contributed by atoms with Crippen LogP contribution in [0.4, 0.5) is 13.2 Å². The number of piperidine rings is 1. The quantitative estimate of drug-likeness (QED) is 0.784. The first-order chi connectivity index (χ1) is 12.6. The number of rotatable bonds is 6. The van der Waals surface area contributed by atoms with Crippen LogP contribution in [0.1, 0.15) is 25.3 Å². The van der Waals surface area contributed by atoms with E-state index in [0.717, 1.165) is 22.5 Å². The smallest absolute Gasteiger partial charge is 0.383 e. The number of carbonyl (C=O) groups excluding carboxylic acids is 1. The van der Waals surface area contributed by atoms with Crippen LogP contribution in [-0.4, -0.2) is 51.5 Å². The fraction of sp³-hybridized carbons (Fsp3) is 0.588. The highest BCUT2D eigenvalue weighted by molar-refractivity contribution is 7.89. The van der Waals surface area contributed by atoms with E-state index in [2.05, 4.69) is 5.32 Å². The lowest BCUT2D eigenvalue weighted by molar-refractivity contribution is -0.139. The van der Waals surface area contributed by atoms with Gasteiger partial charge in [-0.1, -0.05) is 12.1 Å². The first-order valence-electron chi connectivity index (χ1n) is 8.53. The van der Waals surface area contributed by atoms with Gasteiger partial charge in [0.1, 0.15) is 0 Å². The Morgan fingerprint density at radius 1 is 1.30 bits per heavy atom. The molecule has 1 fully saturated rings. The highest BCUT2D eigenvalue weighted by Gasteiger charge is 2.40. The second kappa shape index (κ2) is 8.57. The Morgan fingerprint density at radius 3 is 2.44 bits per heavy atom. The second-order valence-corrected chi connectivity index (χ2v) is 8.44. The zero-order valence-electron chi connectivity index (χ0n) is 15.1. The highest BCUT2D eigenvalue weighted by atomic mass is 32.2. The van der Waals surface area contributed by atoms with Crippen molar-refractivity contribution in [2.75, 3.05) is 26.8 Å². The topological polar surface area (TPSA) is 75.7 Å². The van der Waals surface area contributed by atoms with Crippen LogP contribution >= 0.6 is 0 Å². The fourth-order valence-corrected chi connectivity index (χ4v) is 4.76. The van der Waals surface area contributed by atoms with Crippen molar-refractivity contribution in [2.24, 2.45) is 5.92 Å². The van der Waals surface area contributed by atoms with Crippen molar-refractivity contribution in [1.82, 2.24) is 9.62 Å². The number of benzene rings is 1. The van der Waals surface area contributed by atoms with Crippen LogP contribution < -0.4 is 5.32 Å². The summed E-state index contributed by atoms with van der Waals surface area (Å²) in [6.07, 6.45) is -4.27. The third-order valence-electron chi connectivity index (χ3n) is 4.44. The van der Waals surface area contributed by atoms with Crippen LogP contribution in [0.3, 0.4) is 0 Å². The van der Waals surface area contributed by atoms with Crippen molar-refractivity contribution in [3.05, 3.63) is 29.8 Å². The molecule has 1 aliphatic rings. The van der Waals surface area contributed by atoms with E-state index in [-0.39, 0.29) is 43.8 Å². The van der Waals surface area contributed by atoms with E-state index in [1.165, 1.54) is 13.2 Å². The Labute approximate surface area is 156 Å². The van der Waals surface area contributed by atoms with Crippen molar-refractivity contribution in [1.29, 1.82) is 0 Å². The van der Waals surface area contributed by atoms with Gasteiger partial charge < -0.3 is 10.1 Å². The van der Waals surface area contributed by atoms with Crippen LogP contribution in [0.15, 0.2) is 29.2 Å². The Kier molecular flexibility index (Phi) is 6.87. The van der Waals surface area contributed by atoms with E-state index in [4.69, 9.17) is 4.74 Å². The van der Waals surface area contributed by atoms with E-state index < -0.39 is 26.7 Å². The van der Waals surface area contributed by atoms with Crippen molar-refractivity contribution in [3.8, 4) is 0 Å². The fourth-order valence-electron chi connectivity index (χ4n) is 3.08. The molecule has 1 unspecified atom stereocenters. The number of nitrogens with one attached hydrogen (secondary N) is 1. The van der Waals surface area contributed by atoms with Gasteiger partial charge in [0.25, 0.3) is 0 Å². The van der Waals surface area contributed by atoms with E-state index >= 15 is 0 Å². The molecule has 1 aromatic rings. The first kappa shape index (κ1) is 21.6. The maximum atomic E-state index is 13.2. The first-order valence-corrected chi connectivity index (χ1v) is 9.97. The molecule has 1 heterocycles. The third-order valence-corrected chi connectivity index (χ3v) is 6.40. The zero-order chi connectivity index (χ0) is 20.2. The number of nitrogens with zero attached hydrogens (tertiary/aromatic N) is 1. The predicted octanol–water partition coefficient (Wildman–Crippen LogP) is 2.26. The van der Waals surface area contributed by atoms with Gasteiger partial charge in [-0.05, 0) is 31.9 Å². The second-order valence-electron chi connectivity index (χ2n) is 6.54. The standard InChI is InChI=1S/C17H23F3N2O4S/c1-12(11-26-2)21-16(23)13-7-9-22(10-8-13)27(24,25)15-6-4-3-5-14(15)17(18,19)20/h3-6,12-13H,7-11H2,1-2H3,(H,21,23). The molecule has 2 rings (SSSR count). The molecule has 10 heteroatoms. The van der Waals surface area contributed by atoms with E-state index in [9.17, 15) is 26.4 Å². The minimum absolute atomic E-state index is 0.00866. The number of methoxy groups -OCH3 is 1. The van der Waals surface area contributed by atoms with Gasteiger partial charge >= 0.3 is 6.18 Å². The average molecular weight is 408 g/mol. The molecule has 152 valence electrons. The molecule has 6 nitrogen and oxygen atoms in total. The lowest BCUT2D eigenvalue weighted by atomic mass is 9.97. The Hall–Kier alpha value is -1.65. The molecular weight excluding hydrogens is 385 g/mol. The number of sulfonamides is 1. The molecule has 0 saturated carbocycles. The SMILES string of the molecule is COCC(C)NC(=O)C1CCN(S(=O)(=O)c2ccccc2C(F)(F)F)CC1. The number of halogens is 3. The molecule has 0 bridgehead atoms. The van der Waals surface area contributed by atoms with E-state index in [0.29, 0.717) is 6.61 Å². The normalized spacial score (nSPS) is 18.3. The van der Waals surface area contributed by atoms with Crippen LogP contribution in [0.25, 0.3) is 0 Å². The monoisotopic (exact) mass is 408 g/mol. The van der Waals surface area contributed by atoms with Gasteiger partial charge in [-0.3, -0.25) is 4.79 Å². The maximum Gasteiger partial charge on any atom is 0.417 e. The summed E-state index contributed by atoms with van der Waals surface area (Å²) < 4.78 is 70.8. The van der Waals surface area contributed by atoms with E-state index in [1.54, 1.807) is 6.92 Å². The zero-order valence-corrected chi connectivity index (χ0v) is 15.9. The summed E-state index contributed by atoms with van der Waals surface area (Å²) in [5.41, 5.74) is -1.18. The van der Waals surface area contributed by atoms with Crippen LogP contribution in [0.2, 0.25) is 0 Å². The largest absolute Gasteiger partial charge is 0.417 e. The van der Waals surface area contributed by atoms with Crippen LogP contribution in [0.5, 0.6) is 0 Å². The molecule has 1 amide bonds. The summed E-state index contributed by atoms with van der Waals surface area (Å²) in [5.74, 6) is -0.582. The lowest BCUT2D eigenvalue weighted by Crippen LogP contribution is -2.45. The van der Waals surface area contributed by atoms with Crippen LogP contribution in [0, 0.1) is 5.92 Å². The molecule has 1 aliphatic heterocycles. The van der Waals surface area contributed by atoms with Gasteiger partial charge in [0.2, 0.25) is 15.9 Å². The van der Waals surface area contributed by atoms with Gasteiger partial charge in [-0.25, -0.2) is 8.42 Å². The predicted molar refractivity (Wildman–Crippen MR) is 92.4 cm³/mol. The summed E-state index contributed by atoms with van der Waals surface area (Å²) in [6, 6.07) is 3.95. The van der Waals surface area contributed by atoms with Gasteiger partial charge in [0.05, 0.1) is 17.1 Å². The number of hydrogen-bond acceptors (Lipinski definition) is 4. The maximum absolute atomic E-state index is 13.2. The minimum Gasteiger partial charge on any atom is -0.383 e. The molecule has 0 aliphatic carbocycles. The number of hydrogen-bond donors (Lipinski definition) is 1. The molecule has 0 spiro atoms. The summed E-state index contributed by atoms with van der Waals surface area (Å²) in [5, 5.41) is 2.78. The number of carbonyl (C=O) groups is 1. The number of alkyl halides is 3. The lowest BCUT2D eigenvalue weighted by Gasteiger charge is -2.31. The third kappa shape index (κ3) is 5.20. The molecule has 1 saturated heterocycles. The Bertz CT molecular complexity index is 760. The van der Waals surface area contributed by atoms with Crippen molar-refractivity contribution < 1.29 is 31.1 Å². The van der Waals surface area contributed by atoms with Gasteiger partial charge in [-0.15, -0.1) is 0 Å². The van der Waals surface area contributed by atoms with E-state index in [1.807, 2.05) is 0 Å². The van der Waals surface area contributed by atoms with Gasteiger partial charge in [0, 0.05) is 32.2 Å². The van der Waals surface area contributed by atoms with Gasteiger partial charge in [0.15, 0.2) is 0 Å². The van der Waals surface area contributed by atoms with Crippen LogP contribution in [-0.2, 0) is 25.7 Å². The van der Waals surface area contributed by atoms with Crippen molar-refractivity contribution >= 4 is 15.9 Å². The summed E-state index contributed by atoms with van der Waals surface area (Å²) in [7, 11) is -2.78. The van der Waals surface area contributed by atoms with Gasteiger partial charge in [-0.2, -0.15) is 17.5 Å². The molecule has 1 aromatic carbocycles. The Morgan fingerprint density at radius 2 is 1.89 bits per heavy atom. The minimum atomic E-state index is -4.76. The highest BCUT2D eigenvalue weighted by Crippen LogP contribution is 2.36. The molecular formula is C17H23F3N2O4S. The summed E-state index contributed by atoms with van der Waals surface area (Å²) in [6.45, 7) is 2.12. The molecule has 27 heavy (non-hydrogen) atoms. The number of amides is 1.